The molecule has 214 valence electrons. The SMILES string of the molecule is O=C(O)C(F)(F)F.O=S(=O)(Cc1ccccc1)N1CCC2(CCN(CC(c3ccccc3)c3ccccc3)C2)C1. The molecule has 10 heteroatoms. The van der Waals surface area contributed by atoms with Crippen LogP contribution in [-0.4, -0.2) is 67.6 Å². The number of rotatable bonds is 7. The maximum Gasteiger partial charge on any atom is 0.490 e. The van der Waals surface area contributed by atoms with Gasteiger partial charge in [-0.3, -0.25) is 0 Å². The Morgan fingerprint density at radius 1 is 0.825 bits per heavy atom. The molecule has 2 fully saturated rings. The summed E-state index contributed by atoms with van der Waals surface area (Å²) < 4.78 is 59.6. The Kier molecular flexibility index (Phi) is 9.33. The number of alkyl halides is 3. The monoisotopic (exact) mass is 574 g/mol. The fraction of sp³-hybridized carbons (Fsp3) is 0.367. The first-order valence-corrected chi connectivity index (χ1v) is 14.7. The van der Waals surface area contributed by atoms with Gasteiger partial charge in [0.15, 0.2) is 0 Å². The van der Waals surface area contributed by atoms with Crippen molar-refractivity contribution >= 4 is 16.0 Å². The summed E-state index contributed by atoms with van der Waals surface area (Å²) in [5.41, 5.74) is 3.62. The first-order chi connectivity index (χ1) is 19.0. The summed E-state index contributed by atoms with van der Waals surface area (Å²) in [5, 5.41) is 7.12. The Morgan fingerprint density at radius 2 is 1.30 bits per heavy atom. The van der Waals surface area contributed by atoms with Gasteiger partial charge in [-0.05, 0) is 41.5 Å². The highest BCUT2D eigenvalue weighted by molar-refractivity contribution is 7.88. The van der Waals surface area contributed by atoms with Crippen LogP contribution in [0.4, 0.5) is 13.2 Å². The molecule has 2 heterocycles. The Balaban J connectivity index is 0.000000470. The maximum absolute atomic E-state index is 13.1. The highest BCUT2D eigenvalue weighted by atomic mass is 32.2. The smallest absolute Gasteiger partial charge is 0.475 e. The number of carboxylic acid groups (broad SMARTS) is 1. The van der Waals surface area contributed by atoms with Crippen LogP contribution in [0.5, 0.6) is 0 Å². The lowest BCUT2D eigenvalue weighted by molar-refractivity contribution is -0.192. The molecule has 0 radical (unpaired) electrons. The summed E-state index contributed by atoms with van der Waals surface area (Å²) in [4.78, 5) is 11.4. The van der Waals surface area contributed by atoms with E-state index in [9.17, 15) is 21.6 Å². The molecule has 2 aliphatic rings. The minimum atomic E-state index is -5.08. The molecule has 0 aliphatic carbocycles. The van der Waals surface area contributed by atoms with Crippen molar-refractivity contribution in [3.05, 3.63) is 108 Å². The second-order valence-corrected chi connectivity index (χ2v) is 12.5. The van der Waals surface area contributed by atoms with Crippen LogP contribution in [0, 0.1) is 5.41 Å². The van der Waals surface area contributed by atoms with Crippen LogP contribution in [0.2, 0.25) is 0 Å². The van der Waals surface area contributed by atoms with Gasteiger partial charge < -0.3 is 10.0 Å². The zero-order valence-corrected chi connectivity index (χ0v) is 22.8. The van der Waals surface area contributed by atoms with Crippen molar-refractivity contribution in [3.63, 3.8) is 0 Å². The zero-order valence-electron chi connectivity index (χ0n) is 22.0. The number of hydrogen-bond donors (Lipinski definition) is 1. The second-order valence-electron chi connectivity index (χ2n) is 10.5. The molecule has 1 atom stereocenters. The standard InChI is InChI=1S/C28H32N2O2S.C2HF3O2/c31-33(32,21-24-10-4-1-5-11-24)30-19-17-28(23-30)16-18-29(22-28)20-27(25-12-6-2-7-13-25)26-14-8-3-9-15-26;3-2(4,5)1(6)7/h1-15,27H,16-23H2;(H,6,7). The topological polar surface area (TPSA) is 77.9 Å². The van der Waals surface area contributed by atoms with E-state index in [1.54, 1.807) is 4.31 Å². The molecule has 0 bridgehead atoms. The third-order valence-corrected chi connectivity index (χ3v) is 9.39. The lowest BCUT2D eigenvalue weighted by atomic mass is 9.86. The Labute approximate surface area is 233 Å². The van der Waals surface area contributed by atoms with E-state index >= 15 is 0 Å². The van der Waals surface area contributed by atoms with Crippen LogP contribution in [0.25, 0.3) is 0 Å². The molecule has 6 nitrogen and oxygen atoms in total. The Bertz CT molecular complexity index is 1320. The molecule has 40 heavy (non-hydrogen) atoms. The van der Waals surface area contributed by atoms with Gasteiger partial charge in [-0.2, -0.15) is 13.2 Å². The van der Waals surface area contributed by atoms with Crippen molar-refractivity contribution in [1.82, 2.24) is 9.21 Å². The molecule has 0 aromatic heterocycles. The lowest BCUT2D eigenvalue weighted by Gasteiger charge is -2.28. The van der Waals surface area contributed by atoms with Gasteiger partial charge in [0.2, 0.25) is 10.0 Å². The number of sulfonamides is 1. The number of halogens is 3. The molecular formula is C30H33F3N2O4S. The van der Waals surface area contributed by atoms with Crippen molar-refractivity contribution < 1.29 is 31.5 Å². The maximum atomic E-state index is 13.1. The molecular weight excluding hydrogens is 541 g/mol. The predicted molar refractivity (Wildman–Crippen MR) is 147 cm³/mol. The van der Waals surface area contributed by atoms with E-state index in [0.29, 0.717) is 19.0 Å². The van der Waals surface area contributed by atoms with Crippen LogP contribution in [0.1, 0.15) is 35.4 Å². The van der Waals surface area contributed by atoms with Gasteiger partial charge in [0.1, 0.15) is 0 Å². The summed E-state index contributed by atoms with van der Waals surface area (Å²) in [5.74, 6) is -2.34. The van der Waals surface area contributed by atoms with Crippen LogP contribution in [0.3, 0.4) is 0 Å². The van der Waals surface area contributed by atoms with Crippen molar-refractivity contribution in [3.8, 4) is 0 Å². The first-order valence-electron chi connectivity index (χ1n) is 13.1. The average molecular weight is 575 g/mol. The molecule has 3 aromatic carbocycles. The van der Waals surface area contributed by atoms with Gasteiger partial charge in [-0.15, -0.1) is 0 Å². The number of carboxylic acids is 1. The third-order valence-electron chi connectivity index (χ3n) is 7.59. The summed E-state index contributed by atoms with van der Waals surface area (Å²) >= 11 is 0. The van der Waals surface area contributed by atoms with E-state index in [2.05, 4.69) is 65.6 Å². The predicted octanol–water partition coefficient (Wildman–Crippen LogP) is 5.38. The van der Waals surface area contributed by atoms with Gasteiger partial charge >= 0.3 is 12.1 Å². The Morgan fingerprint density at radius 3 is 1.80 bits per heavy atom. The van der Waals surface area contributed by atoms with Crippen molar-refractivity contribution in [2.45, 2.75) is 30.7 Å². The van der Waals surface area contributed by atoms with E-state index in [1.807, 2.05) is 30.3 Å². The van der Waals surface area contributed by atoms with E-state index in [1.165, 1.54) is 11.1 Å². The molecule has 1 unspecified atom stereocenters. The van der Waals surface area contributed by atoms with Crippen molar-refractivity contribution in [2.75, 3.05) is 32.7 Å². The fourth-order valence-corrected chi connectivity index (χ4v) is 7.19. The number of carbonyl (C=O) groups is 1. The average Bonchev–Trinajstić information content (AvgIpc) is 3.55. The van der Waals surface area contributed by atoms with Crippen molar-refractivity contribution in [2.24, 2.45) is 5.41 Å². The normalized spacial score (nSPS) is 20.0. The molecule has 2 aliphatic heterocycles. The highest BCUT2D eigenvalue weighted by Gasteiger charge is 2.46. The van der Waals surface area contributed by atoms with Crippen LogP contribution in [-0.2, 0) is 20.6 Å². The highest BCUT2D eigenvalue weighted by Crippen LogP contribution is 2.42. The van der Waals surface area contributed by atoms with E-state index < -0.39 is 22.2 Å². The number of aliphatic carboxylic acids is 1. The van der Waals surface area contributed by atoms with E-state index in [-0.39, 0.29) is 11.2 Å². The van der Waals surface area contributed by atoms with Crippen LogP contribution in [0.15, 0.2) is 91.0 Å². The quantitative estimate of drug-likeness (QED) is 0.410. The van der Waals surface area contributed by atoms with Gasteiger partial charge in [0, 0.05) is 32.1 Å². The summed E-state index contributed by atoms with van der Waals surface area (Å²) in [6.45, 7) is 4.26. The molecule has 1 N–H and O–H groups in total. The third kappa shape index (κ3) is 7.71. The number of hydrogen-bond acceptors (Lipinski definition) is 4. The van der Waals surface area contributed by atoms with E-state index in [0.717, 1.165) is 38.0 Å². The minimum Gasteiger partial charge on any atom is -0.475 e. The van der Waals surface area contributed by atoms with Gasteiger partial charge in [0.05, 0.1) is 5.75 Å². The summed E-state index contributed by atoms with van der Waals surface area (Å²) in [7, 11) is -3.29. The fourth-order valence-electron chi connectivity index (χ4n) is 5.56. The first kappa shape index (κ1) is 29.8. The largest absolute Gasteiger partial charge is 0.490 e. The molecule has 3 aromatic rings. The van der Waals surface area contributed by atoms with E-state index in [4.69, 9.17) is 9.90 Å². The van der Waals surface area contributed by atoms with Crippen molar-refractivity contribution in [1.29, 1.82) is 0 Å². The zero-order chi connectivity index (χ0) is 28.8. The molecule has 0 amide bonds. The molecule has 2 saturated heterocycles. The number of nitrogens with zero attached hydrogens (tertiary/aromatic N) is 2. The number of benzene rings is 3. The van der Waals surface area contributed by atoms with Crippen LogP contribution >= 0.6 is 0 Å². The molecule has 5 rings (SSSR count). The summed E-state index contributed by atoms with van der Waals surface area (Å²) in [6, 6.07) is 31.0. The minimum absolute atomic E-state index is 0.0850. The second kappa shape index (κ2) is 12.5. The van der Waals surface area contributed by atoms with Gasteiger partial charge in [-0.25, -0.2) is 17.5 Å². The summed E-state index contributed by atoms with van der Waals surface area (Å²) in [6.07, 6.45) is -3.06. The molecule has 1 spiro atoms. The lowest BCUT2D eigenvalue weighted by Crippen LogP contribution is -2.35. The van der Waals surface area contributed by atoms with Crippen LogP contribution < -0.4 is 0 Å². The Hall–Kier alpha value is -3.21. The molecule has 0 saturated carbocycles. The van der Waals surface area contributed by atoms with Gasteiger partial charge in [-0.1, -0.05) is 91.0 Å². The number of likely N-dealkylation sites (tertiary alicyclic amines) is 1. The van der Waals surface area contributed by atoms with Gasteiger partial charge in [0.25, 0.3) is 0 Å².